The van der Waals surface area contributed by atoms with Crippen LogP contribution >= 0.6 is 11.6 Å². The zero-order valence-electron chi connectivity index (χ0n) is 16.2. The number of likely N-dealkylation sites (tertiary alicyclic amines) is 1. The Hall–Kier alpha value is -2.56. The van der Waals surface area contributed by atoms with Crippen LogP contribution in [0.25, 0.3) is 0 Å². The van der Waals surface area contributed by atoms with Gasteiger partial charge in [-0.1, -0.05) is 17.7 Å². The first-order valence-corrected chi connectivity index (χ1v) is 11.2. The van der Waals surface area contributed by atoms with Crippen molar-refractivity contribution in [1.29, 1.82) is 5.26 Å². The number of hydrogen-bond donors (Lipinski definition) is 1. The first-order chi connectivity index (χ1) is 13.7. The fourth-order valence-corrected chi connectivity index (χ4v) is 4.98. The molecule has 6 nitrogen and oxygen atoms in total. The molecule has 0 bridgehead atoms. The maximum Gasteiger partial charge on any atom is 0.261 e. The van der Waals surface area contributed by atoms with Gasteiger partial charge in [0.2, 0.25) is 0 Å². The fraction of sp³-hybridized carbons (Fsp3) is 0.333. The van der Waals surface area contributed by atoms with Gasteiger partial charge in [0.05, 0.1) is 27.8 Å². The Kier molecular flexibility index (Phi) is 6.15. The minimum atomic E-state index is -3.99. The zero-order valence-corrected chi connectivity index (χ0v) is 17.8. The molecule has 1 aliphatic rings. The number of carbonyl (C=O) groups is 1. The van der Waals surface area contributed by atoms with Crippen molar-refractivity contribution in [2.45, 2.75) is 50.1 Å². The van der Waals surface area contributed by atoms with Crippen molar-refractivity contribution < 1.29 is 13.2 Å². The number of nitrogens with one attached hydrogen (secondary N) is 1. The Balaban J connectivity index is 1.99. The molecule has 2 aromatic rings. The van der Waals surface area contributed by atoms with Crippen LogP contribution in [0.4, 0.5) is 5.69 Å². The van der Waals surface area contributed by atoms with Crippen molar-refractivity contribution in [2.24, 2.45) is 0 Å². The average molecular weight is 432 g/mol. The Morgan fingerprint density at radius 3 is 2.52 bits per heavy atom. The summed E-state index contributed by atoms with van der Waals surface area (Å²) in [6.07, 6.45) is 2.85. The van der Waals surface area contributed by atoms with Crippen LogP contribution in [-0.2, 0) is 10.0 Å². The van der Waals surface area contributed by atoms with Gasteiger partial charge in [-0.05, 0) is 69.5 Å². The highest BCUT2D eigenvalue weighted by Gasteiger charge is 2.31. The van der Waals surface area contributed by atoms with Crippen LogP contribution in [0.2, 0.25) is 5.02 Å². The molecular formula is C21H22ClN3O3S. The zero-order chi connectivity index (χ0) is 21.2. The first-order valence-electron chi connectivity index (χ1n) is 9.38. The molecule has 1 saturated heterocycles. The summed E-state index contributed by atoms with van der Waals surface area (Å²) in [4.78, 5) is 15.0. The third-order valence-electron chi connectivity index (χ3n) is 5.16. The number of amides is 1. The third kappa shape index (κ3) is 4.55. The minimum Gasteiger partial charge on any atom is -0.333 e. The van der Waals surface area contributed by atoms with Crippen LogP contribution < -0.4 is 4.72 Å². The molecule has 29 heavy (non-hydrogen) atoms. The summed E-state index contributed by atoms with van der Waals surface area (Å²) in [5.41, 5.74) is 0.598. The van der Waals surface area contributed by atoms with Gasteiger partial charge in [0.1, 0.15) is 0 Å². The molecule has 8 heteroatoms. The summed E-state index contributed by atoms with van der Waals surface area (Å²) >= 11 is 6.12. The van der Waals surface area contributed by atoms with E-state index in [1.807, 2.05) is 19.9 Å². The molecule has 0 radical (unpaired) electrons. The average Bonchev–Trinajstić information content (AvgIpc) is 2.69. The summed E-state index contributed by atoms with van der Waals surface area (Å²) in [7, 11) is -3.99. The van der Waals surface area contributed by atoms with E-state index in [2.05, 4.69) is 4.72 Å². The molecule has 152 valence electrons. The molecule has 1 heterocycles. The summed E-state index contributed by atoms with van der Waals surface area (Å²) in [5, 5.41) is 9.38. The summed E-state index contributed by atoms with van der Waals surface area (Å²) in [5.74, 6) is -0.254. The Bertz CT molecular complexity index is 1070. The van der Waals surface area contributed by atoms with Crippen molar-refractivity contribution in [3.63, 3.8) is 0 Å². The second-order valence-corrected chi connectivity index (χ2v) is 9.40. The van der Waals surface area contributed by atoms with E-state index in [-0.39, 0.29) is 39.7 Å². The summed E-state index contributed by atoms with van der Waals surface area (Å²) in [6, 6.07) is 12.3. The van der Waals surface area contributed by atoms with E-state index in [1.165, 1.54) is 42.5 Å². The number of carbonyl (C=O) groups excluding carboxylic acids is 1. The number of benzene rings is 2. The number of piperidine rings is 1. The second kappa shape index (κ2) is 8.44. The Morgan fingerprint density at radius 2 is 1.86 bits per heavy atom. The van der Waals surface area contributed by atoms with Gasteiger partial charge >= 0.3 is 0 Å². The molecule has 1 aliphatic heterocycles. The molecule has 1 amide bonds. The van der Waals surface area contributed by atoms with E-state index < -0.39 is 10.0 Å². The molecule has 0 spiro atoms. The van der Waals surface area contributed by atoms with Crippen molar-refractivity contribution in [3.8, 4) is 6.07 Å². The molecule has 0 aromatic heterocycles. The lowest BCUT2D eigenvalue weighted by molar-refractivity contribution is 0.0512. The molecule has 1 fully saturated rings. The highest BCUT2D eigenvalue weighted by Crippen LogP contribution is 2.30. The van der Waals surface area contributed by atoms with Crippen LogP contribution in [0.1, 0.15) is 49.0 Å². The Labute approximate surface area is 176 Å². The number of hydrogen-bond acceptors (Lipinski definition) is 4. The van der Waals surface area contributed by atoms with E-state index in [9.17, 15) is 13.2 Å². The monoisotopic (exact) mass is 431 g/mol. The van der Waals surface area contributed by atoms with Gasteiger partial charge in [0, 0.05) is 17.1 Å². The molecule has 0 saturated carbocycles. The SMILES string of the molecule is C[C@H]1CCC[C@H](C)N1C(=O)c1cc(Cl)ccc1NS(=O)(=O)c1cccc(C#N)c1. The van der Waals surface area contributed by atoms with Gasteiger partial charge in [-0.25, -0.2) is 8.42 Å². The van der Waals surface area contributed by atoms with Gasteiger partial charge in [-0.15, -0.1) is 0 Å². The highest BCUT2D eigenvalue weighted by molar-refractivity contribution is 7.92. The summed E-state index contributed by atoms with van der Waals surface area (Å²) < 4.78 is 28.2. The lowest BCUT2D eigenvalue weighted by atomic mass is 9.96. The van der Waals surface area contributed by atoms with E-state index in [4.69, 9.17) is 16.9 Å². The fourth-order valence-electron chi connectivity index (χ4n) is 3.68. The number of halogens is 1. The largest absolute Gasteiger partial charge is 0.333 e. The smallest absolute Gasteiger partial charge is 0.261 e. The number of anilines is 1. The first kappa shape index (κ1) is 21.2. The van der Waals surface area contributed by atoms with Crippen molar-refractivity contribution in [3.05, 3.63) is 58.6 Å². The van der Waals surface area contributed by atoms with Gasteiger partial charge in [0.15, 0.2) is 0 Å². The second-order valence-electron chi connectivity index (χ2n) is 7.28. The normalized spacial score (nSPS) is 19.4. The Morgan fingerprint density at radius 1 is 1.17 bits per heavy atom. The van der Waals surface area contributed by atoms with E-state index >= 15 is 0 Å². The third-order valence-corrected chi connectivity index (χ3v) is 6.76. The molecule has 3 rings (SSSR count). The summed E-state index contributed by atoms with van der Waals surface area (Å²) in [6.45, 7) is 3.99. The number of sulfonamides is 1. The number of nitrogens with zero attached hydrogens (tertiary/aromatic N) is 2. The van der Waals surface area contributed by atoms with Crippen molar-refractivity contribution in [1.82, 2.24) is 4.90 Å². The van der Waals surface area contributed by atoms with Gasteiger partial charge in [-0.2, -0.15) is 5.26 Å². The maximum atomic E-state index is 13.3. The molecule has 0 aliphatic carbocycles. The van der Waals surface area contributed by atoms with Gasteiger partial charge in [0.25, 0.3) is 15.9 Å². The van der Waals surface area contributed by atoms with Crippen LogP contribution in [0.15, 0.2) is 47.4 Å². The lowest BCUT2D eigenvalue weighted by Gasteiger charge is -2.39. The molecule has 0 unspecified atom stereocenters. The van der Waals surface area contributed by atoms with Crippen LogP contribution in [-0.4, -0.2) is 31.3 Å². The molecular weight excluding hydrogens is 410 g/mol. The van der Waals surface area contributed by atoms with Crippen LogP contribution in [0.3, 0.4) is 0 Å². The van der Waals surface area contributed by atoms with Crippen LogP contribution in [0, 0.1) is 11.3 Å². The van der Waals surface area contributed by atoms with E-state index in [0.29, 0.717) is 5.02 Å². The number of rotatable bonds is 4. The number of nitriles is 1. The van der Waals surface area contributed by atoms with Crippen molar-refractivity contribution in [2.75, 3.05) is 4.72 Å². The maximum absolute atomic E-state index is 13.3. The topological polar surface area (TPSA) is 90.3 Å². The molecule has 1 N–H and O–H groups in total. The highest BCUT2D eigenvalue weighted by atomic mass is 35.5. The van der Waals surface area contributed by atoms with Gasteiger partial charge in [-0.3, -0.25) is 9.52 Å². The van der Waals surface area contributed by atoms with E-state index in [0.717, 1.165) is 19.3 Å². The minimum absolute atomic E-state index is 0.0513. The lowest BCUT2D eigenvalue weighted by Crippen LogP contribution is -2.47. The molecule has 2 atom stereocenters. The van der Waals surface area contributed by atoms with Gasteiger partial charge < -0.3 is 4.90 Å². The van der Waals surface area contributed by atoms with E-state index in [1.54, 1.807) is 4.90 Å². The quantitative estimate of drug-likeness (QED) is 0.775. The predicted octanol–water partition coefficient (Wildman–Crippen LogP) is 4.42. The molecule has 2 aromatic carbocycles. The predicted molar refractivity (Wildman–Crippen MR) is 112 cm³/mol. The standard InChI is InChI=1S/C21H22ClN3O3S/c1-14-5-3-6-15(2)25(14)21(26)19-12-17(22)9-10-20(19)24-29(27,28)18-8-4-7-16(11-18)13-23/h4,7-12,14-15,24H,3,5-6H2,1-2H3/t14-,15-/m0/s1. The van der Waals surface area contributed by atoms with Crippen LogP contribution in [0.5, 0.6) is 0 Å². The van der Waals surface area contributed by atoms with Crippen molar-refractivity contribution >= 4 is 33.2 Å².